The molecule has 0 aliphatic heterocycles. The van der Waals surface area contributed by atoms with Gasteiger partial charge < -0.3 is 4.74 Å². The second-order valence-electron chi connectivity index (χ2n) is 2.78. The third kappa shape index (κ3) is 4.22. The number of anilines is 1. The molecule has 0 fully saturated rings. The maximum Gasteiger partial charge on any atom is 0.235 e. The number of hydrogen-bond donors (Lipinski definition) is 1. The number of sulfonamides is 1. The Hall–Kier alpha value is -1.21. The molecule has 0 aliphatic rings. The lowest BCUT2D eigenvalue weighted by Gasteiger charge is -2.06. The zero-order chi connectivity index (χ0) is 11.3. The Labute approximate surface area is 87.3 Å². The fourth-order valence-electron chi connectivity index (χ4n) is 0.860. The van der Waals surface area contributed by atoms with Gasteiger partial charge in [0.25, 0.3) is 0 Å². The van der Waals surface area contributed by atoms with Crippen LogP contribution in [0.5, 0.6) is 0 Å². The topological polar surface area (TPSA) is 68.3 Å². The molecule has 0 aromatic carbocycles. The zero-order valence-electron chi connectivity index (χ0n) is 8.10. The molecule has 1 N–H and O–H groups in total. The van der Waals surface area contributed by atoms with Crippen LogP contribution in [0.15, 0.2) is 18.3 Å². The highest BCUT2D eigenvalue weighted by molar-refractivity contribution is 7.92. The highest BCUT2D eigenvalue weighted by atomic mass is 32.2. The molecular formula is C8H11FN2O3S. The first kappa shape index (κ1) is 11.9. The highest BCUT2D eigenvalue weighted by Gasteiger charge is 2.09. The molecule has 7 heteroatoms. The van der Waals surface area contributed by atoms with E-state index < -0.39 is 16.0 Å². The summed E-state index contributed by atoms with van der Waals surface area (Å²) in [5, 5.41) is 0. The Morgan fingerprint density at radius 3 is 2.80 bits per heavy atom. The number of pyridine rings is 1. The van der Waals surface area contributed by atoms with Crippen LogP contribution in [0.25, 0.3) is 0 Å². The smallest absolute Gasteiger partial charge is 0.235 e. The summed E-state index contributed by atoms with van der Waals surface area (Å²) in [7, 11) is -2.04. The van der Waals surface area contributed by atoms with Crippen LogP contribution < -0.4 is 4.72 Å². The van der Waals surface area contributed by atoms with Gasteiger partial charge in [-0.1, -0.05) is 0 Å². The molecule has 84 valence electrons. The summed E-state index contributed by atoms with van der Waals surface area (Å²) >= 11 is 0. The summed E-state index contributed by atoms with van der Waals surface area (Å²) < 4.78 is 42.0. The van der Waals surface area contributed by atoms with Gasteiger partial charge in [0.05, 0.1) is 24.2 Å². The van der Waals surface area contributed by atoms with Crippen molar-refractivity contribution in [3.8, 4) is 0 Å². The molecule has 0 spiro atoms. The minimum atomic E-state index is -3.45. The molecule has 0 unspecified atom stereocenters. The van der Waals surface area contributed by atoms with Crippen LogP contribution in [0.3, 0.4) is 0 Å². The summed E-state index contributed by atoms with van der Waals surface area (Å²) in [4.78, 5) is 3.32. The molecule has 0 radical (unpaired) electrons. The van der Waals surface area contributed by atoms with Gasteiger partial charge in [-0.15, -0.1) is 0 Å². The van der Waals surface area contributed by atoms with Crippen LogP contribution in [-0.4, -0.2) is 32.9 Å². The van der Waals surface area contributed by atoms with Crippen LogP contribution in [0.1, 0.15) is 0 Å². The Bertz CT molecular complexity index is 404. The van der Waals surface area contributed by atoms with E-state index in [0.29, 0.717) is 0 Å². The fraction of sp³-hybridized carbons (Fsp3) is 0.375. The van der Waals surface area contributed by atoms with Gasteiger partial charge in [-0.25, -0.2) is 13.4 Å². The van der Waals surface area contributed by atoms with Gasteiger partial charge in [0.2, 0.25) is 16.0 Å². The molecule has 1 aromatic heterocycles. The van der Waals surface area contributed by atoms with Crippen molar-refractivity contribution >= 4 is 15.7 Å². The summed E-state index contributed by atoms with van der Waals surface area (Å²) in [6, 6.07) is 2.38. The van der Waals surface area contributed by atoms with Crippen molar-refractivity contribution in [1.29, 1.82) is 0 Å². The van der Waals surface area contributed by atoms with Crippen molar-refractivity contribution < 1.29 is 17.5 Å². The lowest BCUT2D eigenvalue weighted by atomic mass is 10.4. The SMILES string of the molecule is COCCS(=O)(=O)Nc1ccc(F)nc1. The third-order valence-corrected chi connectivity index (χ3v) is 2.81. The van der Waals surface area contributed by atoms with Crippen molar-refractivity contribution in [2.24, 2.45) is 0 Å². The van der Waals surface area contributed by atoms with E-state index >= 15 is 0 Å². The fourth-order valence-corrected chi connectivity index (χ4v) is 1.83. The van der Waals surface area contributed by atoms with Crippen molar-refractivity contribution in [1.82, 2.24) is 4.98 Å². The number of methoxy groups -OCH3 is 1. The average molecular weight is 234 g/mol. The third-order valence-electron chi connectivity index (χ3n) is 1.56. The molecule has 5 nitrogen and oxygen atoms in total. The molecule has 15 heavy (non-hydrogen) atoms. The van der Waals surface area contributed by atoms with E-state index in [0.717, 1.165) is 12.3 Å². The van der Waals surface area contributed by atoms with Gasteiger partial charge in [-0.2, -0.15) is 4.39 Å². The van der Waals surface area contributed by atoms with Gasteiger partial charge in [0.1, 0.15) is 0 Å². The number of hydrogen-bond acceptors (Lipinski definition) is 4. The van der Waals surface area contributed by atoms with Crippen LogP contribution in [0, 0.1) is 5.95 Å². The predicted octanol–water partition coefficient (Wildman–Crippen LogP) is 0.609. The summed E-state index contributed by atoms with van der Waals surface area (Å²) in [6.07, 6.45) is 1.11. The van der Waals surface area contributed by atoms with Gasteiger partial charge >= 0.3 is 0 Å². The maximum absolute atomic E-state index is 12.4. The van der Waals surface area contributed by atoms with Crippen LogP contribution in [0.4, 0.5) is 10.1 Å². The van der Waals surface area contributed by atoms with Gasteiger partial charge in [0.15, 0.2) is 0 Å². The number of aromatic nitrogens is 1. The molecule has 1 aromatic rings. The first-order chi connectivity index (χ1) is 7.03. The van der Waals surface area contributed by atoms with E-state index in [1.807, 2.05) is 0 Å². The zero-order valence-corrected chi connectivity index (χ0v) is 8.92. The first-order valence-electron chi connectivity index (χ1n) is 4.14. The summed E-state index contributed by atoms with van der Waals surface area (Å²) in [6.45, 7) is 0.101. The van der Waals surface area contributed by atoms with E-state index in [4.69, 9.17) is 0 Å². The van der Waals surface area contributed by atoms with E-state index in [-0.39, 0.29) is 18.0 Å². The quantitative estimate of drug-likeness (QED) is 0.758. The van der Waals surface area contributed by atoms with Crippen LogP contribution in [0.2, 0.25) is 0 Å². The largest absolute Gasteiger partial charge is 0.384 e. The highest BCUT2D eigenvalue weighted by Crippen LogP contribution is 2.07. The maximum atomic E-state index is 12.4. The average Bonchev–Trinajstić information content (AvgIpc) is 2.18. The number of nitrogens with zero attached hydrogens (tertiary/aromatic N) is 1. The molecule has 0 atom stereocenters. The summed E-state index contributed by atoms with van der Waals surface area (Å²) in [5.41, 5.74) is 0.229. The van der Waals surface area contributed by atoms with Crippen molar-refractivity contribution in [2.45, 2.75) is 0 Å². The molecule has 0 bridgehead atoms. The predicted molar refractivity (Wildman–Crippen MR) is 53.5 cm³/mol. The second-order valence-corrected chi connectivity index (χ2v) is 4.63. The van der Waals surface area contributed by atoms with Crippen molar-refractivity contribution in [3.05, 3.63) is 24.3 Å². The molecule has 1 rings (SSSR count). The monoisotopic (exact) mass is 234 g/mol. The van der Waals surface area contributed by atoms with Crippen molar-refractivity contribution in [2.75, 3.05) is 24.2 Å². The van der Waals surface area contributed by atoms with Gasteiger partial charge in [-0.05, 0) is 12.1 Å². The Kier molecular flexibility index (Phi) is 3.98. The van der Waals surface area contributed by atoms with Gasteiger partial charge in [0, 0.05) is 7.11 Å². The normalized spacial score (nSPS) is 11.3. The standard InChI is InChI=1S/C8H11FN2O3S/c1-14-4-5-15(12,13)11-7-2-3-8(9)10-6-7/h2-3,6,11H,4-5H2,1H3. The Morgan fingerprint density at radius 2 is 2.27 bits per heavy atom. The number of rotatable bonds is 5. The molecule has 1 heterocycles. The lowest BCUT2D eigenvalue weighted by molar-refractivity contribution is 0.217. The van der Waals surface area contributed by atoms with E-state index in [2.05, 4.69) is 14.4 Å². The minimum absolute atomic E-state index is 0.101. The van der Waals surface area contributed by atoms with Gasteiger partial charge in [-0.3, -0.25) is 4.72 Å². The lowest BCUT2D eigenvalue weighted by Crippen LogP contribution is -2.19. The first-order valence-corrected chi connectivity index (χ1v) is 5.80. The molecule has 0 saturated carbocycles. The molecular weight excluding hydrogens is 223 g/mol. The number of halogens is 1. The van der Waals surface area contributed by atoms with Crippen LogP contribution >= 0.6 is 0 Å². The second kappa shape index (κ2) is 5.04. The number of nitrogens with one attached hydrogen (secondary N) is 1. The molecule has 0 aliphatic carbocycles. The Morgan fingerprint density at radius 1 is 1.53 bits per heavy atom. The summed E-state index contributed by atoms with van der Waals surface area (Å²) in [5.74, 6) is -0.809. The molecule has 0 saturated heterocycles. The van der Waals surface area contributed by atoms with E-state index in [1.165, 1.54) is 13.2 Å². The minimum Gasteiger partial charge on any atom is -0.384 e. The van der Waals surface area contributed by atoms with Crippen LogP contribution in [-0.2, 0) is 14.8 Å². The Balaban J connectivity index is 2.65. The van der Waals surface area contributed by atoms with E-state index in [9.17, 15) is 12.8 Å². The molecule has 0 amide bonds. The van der Waals surface area contributed by atoms with E-state index in [1.54, 1.807) is 0 Å². The number of ether oxygens (including phenoxy) is 1. The van der Waals surface area contributed by atoms with Crippen molar-refractivity contribution in [3.63, 3.8) is 0 Å².